The van der Waals surface area contributed by atoms with Gasteiger partial charge in [0.05, 0.1) is 47.2 Å². The molecule has 254 valence electrons. The van der Waals surface area contributed by atoms with E-state index in [1.807, 2.05) is 0 Å². The first-order valence-electron chi connectivity index (χ1n) is 14.9. The Bertz CT molecular complexity index is 1810. The summed E-state index contributed by atoms with van der Waals surface area (Å²) in [6.45, 7) is 0. The molecule has 12 nitrogen and oxygen atoms in total. The molecule has 14 heteroatoms. The SMILES string of the molecule is COC(=O)CCCCS(=O)(CCCCC(=O)OC)=NC(=O)c1cnc(N)c(C#Cc2cccc(C(=O)Nc3ccc(OC)c(Cl)c3)c2)c1. The molecule has 48 heavy (non-hydrogen) atoms. The lowest BCUT2D eigenvalue weighted by atomic mass is 10.1. The fourth-order valence-electron chi connectivity index (χ4n) is 4.31. The van der Waals surface area contributed by atoms with E-state index in [4.69, 9.17) is 22.1 Å². The predicted octanol–water partition coefficient (Wildman–Crippen LogP) is 5.27. The van der Waals surface area contributed by atoms with Crippen LogP contribution in [0.4, 0.5) is 11.5 Å². The summed E-state index contributed by atoms with van der Waals surface area (Å²) < 4.78 is 32.3. The minimum atomic E-state index is -3.04. The number of esters is 2. The molecule has 3 N–H and O–H groups in total. The molecule has 0 spiro atoms. The molecule has 0 fully saturated rings. The Hall–Kier alpha value is -4.93. The second kappa shape index (κ2) is 18.4. The first kappa shape index (κ1) is 37.5. The largest absolute Gasteiger partial charge is 0.495 e. The van der Waals surface area contributed by atoms with Crippen LogP contribution in [0.25, 0.3) is 0 Å². The number of nitrogens with two attached hydrogens (primary N) is 1. The fourth-order valence-corrected chi connectivity index (χ4v) is 6.68. The van der Waals surface area contributed by atoms with Crippen LogP contribution in [0.3, 0.4) is 0 Å². The standard InChI is InChI=1S/C34H37ClN4O8S/c1-45-29-16-15-27(21-28(29)35)38-33(42)25-10-8-9-23(19-25)13-14-24-20-26(22-37-32(24)36)34(43)39-48(44,17-6-4-11-30(40)46-2)18-7-5-12-31(41)47-3/h8-10,15-16,19-22H,4-7,11-12,17-18H2,1-3H3,(H2,36,37)(H,38,42). The lowest BCUT2D eigenvalue weighted by Gasteiger charge is -2.10. The number of unbranched alkanes of at least 4 members (excludes halogenated alkanes) is 2. The van der Waals surface area contributed by atoms with Crippen LogP contribution < -0.4 is 15.8 Å². The number of ether oxygens (including phenoxy) is 3. The van der Waals surface area contributed by atoms with Gasteiger partial charge in [0.25, 0.3) is 11.8 Å². The highest BCUT2D eigenvalue weighted by molar-refractivity contribution is 7.93. The second-order valence-corrected chi connectivity index (χ2v) is 13.4. The van der Waals surface area contributed by atoms with Gasteiger partial charge in [0.2, 0.25) is 0 Å². The Balaban J connectivity index is 1.79. The van der Waals surface area contributed by atoms with Gasteiger partial charge in [0, 0.05) is 47.4 Å². The van der Waals surface area contributed by atoms with Crippen LogP contribution in [0.1, 0.15) is 70.4 Å². The summed E-state index contributed by atoms with van der Waals surface area (Å²) in [6.07, 6.45) is 3.12. The normalized spacial score (nSPS) is 10.7. The van der Waals surface area contributed by atoms with Crippen LogP contribution in [0, 0.1) is 11.8 Å². The third-order valence-corrected chi connectivity index (χ3v) is 9.58. The predicted molar refractivity (Wildman–Crippen MR) is 183 cm³/mol. The molecule has 0 saturated carbocycles. The van der Waals surface area contributed by atoms with Crippen LogP contribution in [0.15, 0.2) is 59.1 Å². The maximum absolute atomic E-state index is 13.8. The zero-order valence-corrected chi connectivity index (χ0v) is 28.4. The number of hydrogen-bond donors (Lipinski definition) is 2. The first-order valence-corrected chi connectivity index (χ1v) is 17.1. The second-order valence-electron chi connectivity index (χ2n) is 10.4. The van der Waals surface area contributed by atoms with Crippen molar-refractivity contribution in [2.45, 2.75) is 38.5 Å². The van der Waals surface area contributed by atoms with Crippen molar-refractivity contribution in [1.82, 2.24) is 4.98 Å². The number of benzene rings is 2. The van der Waals surface area contributed by atoms with Crippen LogP contribution in [-0.4, -0.2) is 65.8 Å². The van der Waals surface area contributed by atoms with Crippen molar-refractivity contribution < 1.29 is 37.6 Å². The molecule has 0 unspecified atom stereocenters. The number of nitrogens with one attached hydrogen (secondary N) is 1. The Kier molecular flexibility index (Phi) is 14.4. The topological polar surface area (TPSA) is 176 Å². The number of rotatable bonds is 14. The van der Waals surface area contributed by atoms with Gasteiger partial charge in [0.15, 0.2) is 0 Å². The molecule has 0 radical (unpaired) electrons. The summed E-state index contributed by atoms with van der Waals surface area (Å²) in [4.78, 5) is 53.1. The molecular weight excluding hydrogens is 660 g/mol. The van der Waals surface area contributed by atoms with Crippen molar-refractivity contribution in [1.29, 1.82) is 0 Å². The lowest BCUT2D eigenvalue weighted by Crippen LogP contribution is -2.15. The maximum atomic E-state index is 13.8. The monoisotopic (exact) mass is 696 g/mol. The van der Waals surface area contributed by atoms with Crippen LogP contribution in [0.2, 0.25) is 5.02 Å². The summed E-state index contributed by atoms with van der Waals surface area (Å²) in [5.41, 5.74) is 7.64. The number of methoxy groups -OCH3 is 3. The highest BCUT2D eigenvalue weighted by atomic mass is 35.5. The van der Waals surface area contributed by atoms with Gasteiger partial charge in [-0.05, 0) is 68.1 Å². The van der Waals surface area contributed by atoms with E-state index in [-0.39, 0.29) is 59.1 Å². The summed E-state index contributed by atoms with van der Waals surface area (Å²) in [5.74, 6) is 4.62. The molecule has 0 bridgehead atoms. The number of pyridine rings is 1. The molecular formula is C34H37ClN4O8S. The number of carbonyl (C=O) groups excluding carboxylic acids is 4. The Morgan fingerprint density at radius 2 is 1.56 bits per heavy atom. The average molecular weight is 697 g/mol. The van der Waals surface area contributed by atoms with Gasteiger partial charge in [-0.25, -0.2) is 9.19 Å². The van der Waals surface area contributed by atoms with E-state index >= 15 is 0 Å². The Morgan fingerprint density at radius 3 is 2.17 bits per heavy atom. The van der Waals surface area contributed by atoms with Gasteiger partial charge < -0.3 is 25.3 Å². The smallest absolute Gasteiger partial charge is 0.305 e. The summed E-state index contributed by atoms with van der Waals surface area (Å²) >= 11 is 6.16. The zero-order chi connectivity index (χ0) is 35.1. The number of anilines is 2. The number of carbonyl (C=O) groups is 4. The maximum Gasteiger partial charge on any atom is 0.305 e. The Labute approximate surface area is 284 Å². The quantitative estimate of drug-likeness (QED) is 0.128. The van der Waals surface area contributed by atoms with Gasteiger partial charge in [-0.1, -0.05) is 29.5 Å². The van der Waals surface area contributed by atoms with Gasteiger partial charge in [0.1, 0.15) is 11.6 Å². The first-order chi connectivity index (χ1) is 23.0. The van der Waals surface area contributed by atoms with E-state index in [2.05, 4.69) is 36.0 Å². The average Bonchev–Trinajstić information content (AvgIpc) is 3.08. The van der Waals surface area contributed by atoms with Crippen molar-refractivity contribution in [3.8, 4) is 17.6 Å². The molecule has 1 heterocycles. The summed E-state index contributed by atoms with van der Waals surface area (Å²) in [7, 11) is 1.03. The number of aromatic nitrogens is 1. The highest BCUT2D eigenvalue weighted by Crippen LogP contribution is 2.27. The third-order valence-electron chi connectivity index (χ3n) is 6.93. The lowest BCUT2D eigenvalue weighted by molar-refractivity contribution is -0.141. The molecule has 2 aromatic carbocycles. The van der Waals surface area contributed by atoms with Crippen molar-refractivity contribution in [2.24, 2.45) is 4.36 Å². The summed E-state index contributed by atoms with van der Waals surface area (Å²) in [5, 5.41) is 3.13. The number of halogens is 1. The van der Waals surface area contributed by atoms with E-state index in [0.29, 0.717) is 53.3 Å². The van der Waals surface area contributed by atoms with Crippen LogP contribution in [-0.2, 0) is 28.8 Å². The molecule has 1 aromatic heterocycles. The molecule has 0 aliphatic carbocycles. The number of hydrogen-bond acceptors (Lipinski definition) is 10. The minimum absolute atomic E-state index is 0.0385. The fraction of sp³-hybridized carbons (Fsp3) is 0.324. The van der Waals surface area contributed by atoms with Crippen LogP contribution >= 0.6 is 11.6 Å². The van der Waals surface area contributed by atoms with Gasteiger partial charge >= 0.3 is 11.9 Å². The van der Waals surface area contributed by atoms with E-state index in [1.165, 1.54) is 33.6 Å². The van der Waals surface area contributed by atoms with Crippen LogP contribution in [0.5, 0.6) is 5.75 Å². The van der Waals surface area contributed by atoms with Crippen molar-refractivity contribution in [2.75, 3.05) is 43.9 Å². The minimum Gasteiger partial charge on any atom is -0.495 e. The van der Waals surface area contributed by atoms with Gasteiger partial charge in [-0.15, -0.1) is 0 Å². The molecule has 0 aliphatic rings. The van der Waals surface area contributed by atoms with Crippen molar-refractivity contribution >= 4 is 56.6 Å². The zero-order valence-electron chi connectivity index (χ0n) is 26.9. The van der Waals surface area contributed by atoms with E-state index < -0.39 is 15.6 Å². The molecule has 3 rings (SSSR count). The number of nitrogen functional groups attached to an aromatic ring is 1. The van der Waals surface area contributed by atoms with Crippen molar-refractivity contribution in [3.63, 3.8) is 0 Å². The number of amides is 2. The molecule has 3 aromatic rings. The molecule has 0 aliphatic heterocycles. The van der Waals surface area contributed by atoms with E-state index in [1.54, 1.807) is 42.5 Å². The molecule has 2 amide bonds. The van der Waals surface area contributed by atoms with E-state index in [9.17, 15) is 23.4 Å². The van der Waals surface area contributed by atoms with Gasteiger partial charge in [-0.3, -0.25) is 19.2 Å². The Morgan fingerprint density at radius 1 is 0.896 bits per heavy atom. The van der Waals surface area contributed by atoms with E-state index in [0.717, 1.165) is 0 Å². The molecule has 0 saturated heterocycles. The highest BCUT2D eigenvalue weighted by Gasteiger charge is 2.16. The molecule has 0 atom stereocenters. The van der Waals surface area contributed by atoms with Crippen molar-refractivity contribution in [3.05, 3.63) is 82.0 Å². The van der Waals surface area contributed by atoms with Gasteiger partial charge in [-0.2, -0.15) is 4.36 Å². The third kappa shape index (κ3) is 11.7. The summed E-state index contributed by atoms with van der Waals surface area (Å²) in [6, 6.07) is 12.9. The number of nitrogens with zero attached hydrogens (tertiary/aromatic N) is 2.